The second kappa shape index (κ2) is 5.98. The number of nitrogens with one attached hydrogen (secondary N) is 1. The van der Waals surface area contributed by atoms with E-state index in [9.17, 15) is 0 Å². The van der Waals surface area contributed by atoms with E-state index in [1.807, 2.05) is 13.1 Å². The van der Waals surface area contributed by atoms with Gasteiger partial charge in [-0.1, -0.05) is 48.5 Å². The molecule has 2 heteroatoms. The van der Waals surface area contributed by atoms with Crippen LogP contribution in [-0.2, 0) is 6.54 Å². The van der Waals surface area contributed by atoms with Crippen molar-refractivity contribution in [3.8, 4) is 16.9 Å². The van der Waals surface area contributed by atoms with Crippen LogP contribution in [0.5, 0.6) is 5.75 Å². The number of ether oxygens (including phenoxy) is 1. The first-order chi connectivity index (χ1) is 10.3. The van der Waals surface area contributed by atoms with Gasteiger partial charge in [0.05, 0.1) is 7.11 Å². The van der Waals surface area contributed by atoms with Gasteiger partial charge in [0.2, 0.25) is 0 Å². The molecule has 0 aliphatic rings. The summed E-state index contributed by atoms with van der Waals surface area (Å²) in [7, 11) is 3.67. The topological polar surface area (TPSA) is 21.3 Å². The third-order valence-corrected chi connectivity index (χ3v) is 3.76. The van der Waals surface area contributed by atoms with Crippen molar-refractivity contribution in [2.75, 3.05) is 14.2 Å². The SMILES string of the molecule is CNCc1cc(OC)ccc1-c1cccc2ccccc12. The summed E-state index contributed by atoms with van der Waals surface area (Å²) in [5.74, 6) is 0.893. The summed E-state index contributed by atoms with van der Waals surface area (Å²) in [6, 6.07) is 21.2. The highest BCUT2D eigenvalue weighted by atomic mass is 16.5. The van der Waals surface area contributed by atoms with Crippen molar-refractivity contribution >= 4 is 10.8 Å². The molecule has 0 heterocycles. The van der Waals surface area contributed by atoms with E-state index in [4.69, 9.17) is 4.74 Å². The molecule has 0 aromatic heterocycles. The highest BCUT2D eigenvalue weighted by molar-refractivity contribution is 5.97. The standard InChI is InChI=1S/C19H19NO/c1-20-13-15-12-16(21-2)10-11-18(15)19-9-5-7-14-6-3-4-8-17(14)19/h3-12,20H,13H2,1-2H3. The lowest BCUT2D eigenvalue weighted by atomic mass is 9.94. The first-order valence-electron chi connectivity index (χ1n) is 7.13. The molecule has 0 saturated heterocycles. The van der Waals surface area contributed by atoms with Gasteiger partial charge in [-0.05, 0) is 46.6 Å². The molecule has 1 N–H and O–H groups in total. The van der Waals surface area contributed by atoms with E-state index in [0.29, 0.717) is 0 Å². The molecule has 2 nitrogen and oxygen atoms in total. The number of hydrogen-bond acceptors (Lipinski definition) is 2. The van der Waals surface area contributed by atoms with Gasteiger partial charge >= 0.3 is 0 Å². The van der Waals surface area contributed by atoms with Crippen molar-refractivity contribution < 1.29 is 4.74 Å². The Bertz CT molecular complexity index is 759. The molecule has 3 aromatic carbocycles. The van der Waals surface area contributed by atoms with Crippen LogP contribution in [0.2, 0.25) is 0 Å². The summed E-state index contributed by atoms with van der Waals surface area (Å²) in [4.78, 5) is 0. The lowest BCUT2D eigenvalue weighted by Crippen LogP contribution is -2.06. The van der Waals surface area contributed by atoms with Gasteiger partial charge in [0, 0.05) is 6.54 Å². The Kier molecular flexibility index (Phi) is 3.89. The predicted octanol–water partition coefficient (Wildman–Crippen LogP) is 4.23. The number of rotatable bonds is 4. The summed E-state index contributed by atoms with van der Waals surface area (Å²) in [6.45, 7) is 0.815. The average molecular weight is 277 g/mol. The van der Waals surface area contributed by atoms with E-state index in [1.54, 1.807) is 7.11 Å². The highest BCUT2D eigenvalue weighted by Crippen LogP contribution is 2.32. The van der Waals surface area contributed by atoms with Crippen molar-refractivity contribution in [2.24, 2.45) is 0 Å². The lowest BCUT2D eigenvalue weighted by molar-refractivity contribution is 0.414. The quantitative estimate of drug-likeness (QED) is 0.770. The van der Waals surface area contributed by atoms with Crippen molar-refractivity contribution in [3.63, 3.8) is 0 Å². The van der Waals surface area contributed by atoms with Crippen LogP contribution in [0.3, 0.4) is 0 Å². The lowest BCUT2D eigenvalue weighted by Gasteiger charge is -2.13. The molecule has 0 spiro atoms. The molecule has 21 heavy (non-hydrogen) atoms. The molecule has 0 fully saturated rings. The second-order valence-corrected chi connectivity index (χ2v) is 5.08. The fourth-order valence-electron chi connectivity index (χ4n) is 2.76. The maximum atomic E-state index is 5.35. The third-order valence-electron chi connectivity index (χ3n) is 3.76. The van der Waals surface area contributed by atoms with Crippen LogP contribution in [0, 0.1) is 0 Å². The Labute approximate surface area is 125 Å². The first kappa shape index (κ1) is 13.7. The Morgan fingerprint density at radius 2 is 1.71 bits per heavy atom. The van der Waals surface area contributed by atoms with Crippen molar-refractivity contribution in [3.05, 3.63) is 66.2 Å². The Morgan fingerprint density at radius 1 is 0.905 bits per heavy atom. The number of methoxy groups -OCH3 is 1. The molecule has 0 atom stereocenters. The summed E-state index contributed by atoms with van der Waals surface area (Å²) in [5.41, 5.74) is 3.76. The van der Waals surface area contributed by atoms with E-state index in [2.05, 4.69) is 59.9 Å². The van der Waals surface area contributed by atoms with Gasteiger partial charge in [-0.2, -0.15) is 0 Å². The maximum Gasteiger partial charge on any atom is 0.119 e. The first-order valence-corrected chi connectivity index (χ1v) is 7.13. The molecule has 0 radical (unpaired) electrons. The Hall–Kier alpha value is -2.32. The second-order valence-electron chi connectivity index (χ2n) is 5.08. The Balaban J connectivity index is 2.22. The molecule has 0 aliphatic carbocycles. The molecule has 106 valence electrons. The molecule has 0 bridgehead atoms. The number of hydrogen-bond donors (Lipinski definition) is 1. The van der Waals surface area contributed by atoms with Crippen LogP contribution in [0.25, 0.3) is 21.9 Å². The van der Waals surface area contributed by atoms with Gasteiger partial charge in [-0.25, -0.2) is 0 Å². The zero-order valence-corrected chi connectivity index (χ0v) is 12.4. The molecule has 3 rings (SSSR count). The van der Waals surface area contributed by atoms with Crippen LogP contribution in [-0.4, -0.2) is 14.2 Å². The summed E-state index contributed by atoms with van der Waals surface area (Å²) < 4.78 is 5.35. The fraction of sp³-hybridized carbons (Fsp3) is 0.158. The largest absolute Gasteiger partial charge is 0.497 e. The fourth-order valence-corrected chi connectivity index (χ4v) is 2.76. The molecule has 0 aliphatic heterocycles. The minimum Gasteiger partial charge on any atom is -0.497 e. The third kappa shape index (κ3) is 2.63. The number of fused-ring (bicyclic) bond motifs is 1. The van der Waals surface area contributed by atoms with Crippen LogP contribution < -0.4 is 10.1 Å². The summed E-state index contributed by atoms with van der Waals surface area (Å²) in [6.07, 6.45) is 0. The normalized spacial score (nSPS) is 10.8. The molecule has 3 aromatic rings. The molecule has 0 saturated carbocycles. The van der Waals surface area contributed by atoms with E-state index in [0.717, 1.165) is 12.3 Å². The van der Waals surface area contributed by atoms with E-state index in [1.165, 1.54) is 27.5 Å². The van der Waals surface area contributed by atoms with Crippen LogP contribution in [0.15, 0.2) is 60.7 Å². The zero-order chi connectivity index (χ0) is 14.7. The molecule has 0 amide bonds. The Morgan fingerprint density at radius 3 is 2.52 bits per heavy atom. The van der Waals surface area contributed by atoms with E-state index >= 15 is 0 Å². The molecular formula is C19H19NO. The van der Waals surface area contributed by atoms with Gasteiger partial charge in [0.1, 0.15) is 5.75 Å². The smallest absolute Gasteiger partial charge is 0.119 e. The van der Waals surface area contributed by atoms with Gasteiger partial charge in [0.15, 0.2) is 0 Å². The van der Waals surface area contributed by atoms with Crippen LogP contribution in [0.4, 0.5) is 0 Å². The maximum absolute atomic E-state index is 5.35. The minimum absolute atomic E-state index is 0.815. The zero-order valence-electron chi connectivity index (χ0n) is 12.4. The van der Waals surface area contributed by atoms with E-state index < -0.39 is 0 Å². The monoisotopic (exact) mass is 277 g/mol. The minimum atomic E-state index is 0.815. The van der Waals surface area contributed by atoms with Crippen LogP contribution >= 0.6 is 0 Å². The number of benzene rings is 3. The van der Waals surface area contributed by atoms with E-state index in [-0.39, 0.29) is 0 Å². The van der Waals surface area contributed by atoms with Gasteiger partial charge < -0.3 is 10.1 Å². The van der Waals surface area contributed by atoms with Crippen molar-refractivity contribution in [2.45, 2.75) is 6.54 Å². The average Bonchev–Trinajstić information content (AvgIpc) is 2.55. The summed E-state index contributed by atoms with van der Waals surface area (Å²) >= 11 is 0. The van der Waals surface area contributed by atoms with Crippen molar-refractivity contribution in [1.29, 1.82) is 0 Å². The van der Waals surface area contributed by atoms with Crippen molar-refractivity contribution in [1.82, 2.24) is 5.32 Å². The molecular weight excluding hydrogens is 258 g/mol. The van der Waals surface area contributed by atoms with Gasteiger partial charge in [-0.15, -0.1) is 0 Å². The van der Waals surface area contributed by atoms with Gasteiger partial charge in [0.25, 0.3) is 0 Å². The summed E-state index contributed by atoms with van der Waals surface area (Å²) in [5, 5.41) is 5.78. The van der Waals surface area contributed by atoms with Crippen LogP contribution in [0.1, 0.15) is 5.56 Å². The van der Waals surface area contributed by atoms with Gasteiger partial charge in [-0.3, -0.25) is 0 Å². The molecule has 0 unspecified atom stereocenters. The predicted molar refractivity (Wildman–Crippen MR) is 88.7 cm³/mol. The highest BCUT2D eigenvalue weighted by Gasteiger charge is 2.09.